The van der Waals surface area contributed by atoms with Crippen LogP contribution in [0.3, 0.4) is 0 Å². The molecule has 1 heterocycles. The first-order valence-corrected chi connectivity index (χ1v) is 11.9. The molecule has 0 amide bonds. The first-order valence-electron chi connectivity index (χ1n) is 10.4. The lowest BCUT2D eigenvalue weighted by Gasteiger charge is -2.07. The van der Waals surface area contributed by atoms with E-state index in [1.54, 1.807) is 6.92 Å². The number of hydrogen-bond donors (Lipinski definition) is 1. The first-order chi connectivity index (χ1) is 14.3. The molecule has 30 heavy (non-hydrogen) atoms. The largest absolute Gasteiger partial charge is 0.494 e. The summed E-state index contributed by atoms with van der Waals surface area (Å²) in [6.07, 6.45) is 2.13. The molecule has 0 spiro atoms. The van der Waals surface area contributed by atoms with E-state index >= 15 is 0 Å². The van der Waals surface area contributed by atoms with Gasteiger partial charge in [-0.25, -0.2) is 8.42 Å². The van der Waals surface area contributed by atoms with E-state index in [0.717, 1.165) is 24.2 Å². The van der Waals surface area contributed by atoms with Gasteiger partial charge in [0.15, 0.2) is 0 Å². The van der Waals surface area contributed by atoms with Crippen molar-refractivity contribution < 1.29 is 13.2 Å². The molecule has 5 nitrogen and oxygen atoms in total. The maximum atomic E-state index is 12.7. The molecule has 0 unspecified atom stereocenters. The maximum Gasteiger partial charge on any atom is 0.264 e. The molecule has 160 valence electrons. The van der Waals surface area contributed by atoms with Gasteiger partial charge >= 0.3 is 0 Å². The number of benzene rings is 2. The van der Waals surface area contributed by atoms with E-state index in [-0.39, 0.29) is 0 Å². The predicted molar refractivity (Wildman–Crippen MR) is 123 cm³/mol. The van der Waals surface area contributed by atoms with Crippen molar-refractivity contribution in [1.29, 1.82) is 0 Å². The van der Waals surface area contributed by atoms with Crippen molar-refractivity contribution in [3.05, 3.63) is 70.8 Å². The Balaban J connectivity index is 1.77. The van der Waals surface area contributed by atoms with Crippen molar-refractivity contribution in [2.45, 2.75) is 53.0 Å². The van der Waals surface area contributed by atoms with Gasteiger partial charge in [0.1, 0.15) is 16.5 Å². The molecule has 1 aliphatic heterocycles. The van der Waals surface area contributed by atoms with Gasteiger partial charge < -0.3 is 4.74 Å². The van der Waals surface area contributed by atoms with Crippen molar-refractivity contribution in [1.82, 2.24) is 4.72 Å². The molecule has 6 heteroatoms. The van der Waals surface area contributed by atoms with E-state index in [1.165, 1.54) is 5.56 Å². The second kappa shape index (κ2) is 9.47. The summed E-state index contributed by atoms with van der Waals surface area (Å²) >= 11 is 0. The van der Waals surface area contributed by atoms with Gasteiger partial charge in [0, 0.05) is 5.57 Å². The average Bonchev–Trinajstić information content (AvgIpc) is 2.95. The molecular weight excluding hydrogens is 396 g/mol. The van der Waals surface area contributed by atoms with Crippen molar-refractivity contribution in [3.63, 3.8) is 0 Å². The van der Waals surface area contributed by atoms with Crippen molar-refractivity contribution in [2.75, 3.05) is 6.61 Å². The Morgan fingerprint density at radius 3 is 2.30 bits per heavy atom. The fourth-order valence-corrected chi connectivity index (χ4v) is 4.82. The Bertz CT molecular complexity index is 1030. The number of nitrogens with one attached hydrogen (secondary N) is 1. The number of ether oxygens (including phenoxy) is 1. The quantitative estimate of drug-likeness (QED) is 0.586. The molecule has 2 aromatic carbocycles. The number of sulfonamides is 1. The molecule has 0 bridgehead atoms. The van der Waals surface area contributed by atoms with Crippen LogP contribution in [0.1, 0.15) is 63.1 Å². The van der Waals surface area contributed by atoms with Crippen LogP contribution in [0.4, 0.5) is 0 Å². The number of aliphatic imine (C=N–C) groups is 1. The lowest BCUT2D eigenvalue weighted by Crippen LogP contribution is -2.23. The number of amidine groups is 1. The summed E-state index contributed by atoms with van der Waals surface area (Å²) in [6, 6.07) is 15.5. The van der Waals surface area contributed by atoms with E-state index in [2.05, 4.69) is 30.5 Å². The van der Waals surface area contributed by atoms with Crippen LogP contribution in [-0.2, 0) is 16.6 Å². The number of unbranched alkanes of at least 4 members (excludes halogenated alkanes) is 1. The highest BCUT2D eigenvalue weighted by Gasteiger charge is 2.32. The summed E-state index contributed by atoms with van der Waals surface area (Å²) in [6.45, 7) is 9.26. The molecule has 0 fully saturated rings. The monoisotopic (exact) mass is 426 g/mol. The normalized spacial score (nSPS) is 16.9. The van der Waals surface area contributed by atoms with Gasteiger partial charge in [-0.1, -0.05) is 63.6 Å². The van der Waals surface area contributed by atoms with Crippen LogP contribution in [0.5, 0.6) is 5.75 Å². The Labute approximate surface area is 179 Å². The Kier molecular flexibility index (Phi) is 6.98. The molecule has 0 saturated heterocycles. The SMILES string of the molecule is CCCCOc1ccc(CN=C2NS(=O)(=O)C(c3ccc(C(C)C)cc3)=C2C)cc1. The fourth-order valence-electron chi connectivity index (χ4n) is 3.30. The Morgan fingerprint density at radius 1 is 1.03 bits per heavy atom. The summed E-state index contributed by atoms with van der Waals surface area (Å²) in [5, 5.41) is 0. The molecule has 1 aliphatic rings. The second-order valence-electron chi connectivity index (χ2n) is 7.85. The van der Waals surface area contributed by atoms with Gasteiger partial charge in [0.05, 0.1) is 13.2 Å². The molecule has 2 aromatic rings. The molecule has 1 N–H and O–H groups in total. The minimum absolute atomic E-state index is 0.302. The summed E-state index contributed by atoms with van der Waals surface area (Å²) in [5.41, 5.74) is 3.50. The number of nitrogens with zero attached hydrogens (tertiary/aromatic N) is 1. The van der Waals surface area contributed by atoms with Crippen LogP contribution in [0.2, 0.25) is 0 Å². The highest BCUT2D eigenvalue weighted by atomic mass is 32.2. The molecule has 0 saturated carbocycles. The average molecular weight is 427 g/mol. The molecule has 0 radical (unpaired) electrons. The van der Waals surface area contributed by atoms with Gasteiger partial charge in [-0.2, -0.15) is 0 Å². The van der Waals surface area contributed by atoms with Crippen LogP contribution in [0.15, 0.2) is 59.1 Å². The van der Waals surface area contributed by atoms with Crippen LogP contribution in [-0.4, -0.2) is 20.9 Å². The summed E-state index contributed by atoms with van der Waals surface area (Å²) in [4.78, 5) is 4.83. The molecule has 0 aromatic heterocycles. The summed E-state index contributed by atoms with van der Waals surface area (Å²) in [7, 11) is -3.62. The molecule has 3 rings (SSSR count). The fraction of sp³-hybridized carbons (Fsp3) is 0.375. The predicted octanol–water partition coefficient (Wildman–Crippen LogP) is 5.25. The van der Waals surface area contributed by atoms with Gasteiger partial charge in [0.2, 0.25) is 0 Å². The van der Waals surface area contributed by atoms with Crippen LogP contribution < -0.4 is 9.46 Å². The van der Waals surface area contributed by atoms with E-state index in [9.17, 15) is 8.42 Å². The standard InChI is InChI=1S/C24H30N2O3S/c1-5-6-15-29-22-13-7-19(8-14-22)16-25-24-18(4)23(30(27,28)26-24)21-11-9-20(10-12-21)17(2)3/h7-14,17H,5-6,15-16H2,1-4H3,(H,25,26). The van der Waals surface area contributed by atoms with Crippen molar-refractivity contribution in [2.24, 2.45) is 4.99 Å². The summed E-state index contributed by atoms with van der Waals surface area (Å²) < 4.78 is 33.7. The van der Waals surface area contributed by atoms with E-state index in [1.807, 2.05) is 48.5 Å². The van der Waals surface area contributed by atoms with Crippen molar-refractivity contribution >= 4 is 20.8 Å². The first kappa shape index (κ1) is 22.1. The Morgan fingerprint density at radius 2 is 1.70 bits per heavy atom. The van der Waals surface area contributed by atoms with Gasteiger partial charge in [0.25, 0.3) is 10.0 Å². The molecule has 0 atom stereocenters. The lowest BCUT2D eigenvalue weighted by atomic mass is 10.0. The van der Waals surface area contributed by atoms with Crippen LogP contribution >= 0.6 is 0 Å². The van der Waals surface area contributed by atoms with Crippen LogP contribution in [0.25, 0.3) is 4.91 Å². The number of hydrogen-bond acceptors (Lipinski definition) is 4. The van der Waals surface area contributed by atoms with E-state index in [0.29, 0.717) is 40.9 Å². The lowest BCUT2D eigenvalue weighted by molar-refractivity contribution is 0.309. The summed E-state index contributed by atoms with van der Waals surface area (Å²) in [5.74, 6) is 1.64. The van der Waals surface area contributed by atoms with E-state index in [4.69, 9.17) is 4.74 Å². The zero-order valence-corrected chi connectivity index (χ0v) is 18.9. The van der Waals surface area contributed by atoms with Gasteiger partial charge in [-0.3, -0.25) is 9.71 Å². The third-order valence-electron chi connectivity index (χ3n) is 5.14. The highest BCUT2D eigenvalue weighted by molar-refractivity contribution is 8.00. The third-order valence-corrected chi connectivity index (χ3v) is 6.69. The Hall–Kier alpha value is -2.60. The van der Waals surface area contributed by atoms with Crippen molar-refractivity contribution in [3.8, 4) is 5.75 Å². The van der Waals surface area contributed by atoms with Crippen LogP contribution in [0, 0.1) is 0 Å². The van der Waals surface area contributed by atoms with E-state index < -0.39 is 10.0 Å². The molecular formula is C24H30N2O3S. The zero-order chi connectivity index (χ0) is 21.7. The van der Waals surface area contributed by atoms with Gasteiger partial charge in [-0.15, -0.1) is 0 Å². The minimum atomic E-state index is -3.62. The molecule has 0 aliphatic carbocycles. The number of rotatable bonds is 8. The van der Waals surface area contributed by atoms with Gasteiger partial charge in [-0.05, 0) is 48.1 Å². The minimum Gasteiger partial charge on any atom is -0.494 e. The maximum absolute atomic E-state index is 12.7. The third kappa shape index (κ3) is 5.11. The zero-order valence-electron chi connectivity index (χ0n) is 18.1. The topological polar surface area (TPSA) is 67.8 Å². The smallest absolute Gasteiger partial charge is 0.264 e. The second-order valence-corrected chi connectivity index (χ2v) is 9.47. The highest BCUT2D eigenvalue weighted by Crippen LogP contribution is 2.31.